The summed E-state index contributed by atoms with van der Waals surface area (Å²) in [6.07, 6.45) is 5.06. The molecule has 0 fully saturated rings. The van der Waals surface area contributed by atoms with Crippen LogP contribution in [0.3, 0.4) is 0 Å². The maximum Gasteiger partial charge on any atom is 0.254 e. The summed E-state index contributed by atoms with van der Waals surface area (Å²) in [6.45, 7) is 3.64. The van der Waals surface area contributed by atoms with Crippen molar-refractivity contribution in [2.24, 2.45) is 5.92 Å². The number of nitrogens with one attached hydrogen (secondary N) is 2. The zero-order valence-corrected chi connectivity index (χ0v) is 11.4. The molecular weight excluding hydrogens is 259 g/mol. The van der Waals surface area contributed by atoms with Crippen LogP contribution in [-0.4, -0.2) is 24.4 Å². The Bertz CT molecular complexity index is 535. The van der Waals surface area contributed by atoms with Gasteiger partial charge < -0.3 is 10.6 Å². The van der Waals surface area contributed by atoms with Crippen molar-refractivity contribution in [1.29, 1.82) is 0 Å². The van der Waals surface area contributed by atoms with Crippen molar-refractivity contribution in [1.82, 2.24) is 10.6 Å². The zero-order valence-electron chi connectivity index (χ0n) is 11.4. The summed E-state index contributed by atoms with van der Waals surface area (Å²) in [6, 6.07) is 4.83. The Labute approximate surface area is 117 Å². The molecule has 0 radical (unpaired) electrons. The lowest BCUT2D eigenvalue weighted by molar-refractivity contribution is -0.123. The van der Waals surface area contributed by atoms with Crippen LogP contribution in [0.1, 0.15) is 24.2 Å². The molecule has 0 saturated carbocycles. The third-order valence-electron chi connectivity index (χ3n) is 2.72. The molecule has 0 aromatic heterocycles. The van der Waals surface area contributed by atoms with E-state index in [9.17, 15) is 14.0 Å². The third-order valence-corrected chi connectivity index (χ3v) is 2.72. The number of rotatable bonds is 5. The first-order valence-corrected chi connectivity index (χ1v) is 6.24. The molecule has 0 aliphatic rings. The van der Waals surface area contributed by atoms with Gasteiger partial charge in [0.2, 0.25) is 5.91 Å². The van der Waals surface area contributed by atoms with E-state index >= 15 is 0 Å². The first-order chi connectivity index (χ1) is 9.47. The SMILES string of the molecule is C#CCNC(=O)[C@@H](NC(=O)c1ccccc1F)C(C)C. The number of hydrogen-bond donors (Lipinski definition) is 2. The van der Waals surface area contributed by atoms with Crippen LogP contribution in [0, 0.1) is 24.1 Å². The van der Waals surface area contributed by atoms with Crippen LogP contribution in [0.25, 0.3) is 0 Å². The number of terminal acetylenes is 1. The van der Waals surface area contributed by atoms with Crippen molar-refractivity contribution in [2.45, 2.75) is 19.9 Å². The molecule has 1 aromatic rings. The Morgan fingerprint density at radius 2 is 2.00 bits per heavy atom. The summed E-state index contributed by atoms with van der Waals surface area (Å²) in [5.74, 6) is 0.491. The smallest absolute Gasteiger partial charge is 0.254 e. The highest BCUT2D eigenvalue weighted by Gasteiger charge is 2.25. The van der Waals surface area contributed by atoms with Crippen LogP contribution < -0.4 is 10.6 Å². The number of carbonyl (C=O) groups is 2. The van der Waals surface area contributed by atoms with Gasteiger partial charge >= 0.3 is 0 Å². The minimum Gasteiger partial charge on any atom is -0.343 e. The summed E-state index contributed by atoms with van der Waals surface area (Å²) < 4.78 is 13.5. The molecule has 0 spiro atoms. The fourth-order valence-corrected chi connectivity index (χ4v) is 1.65. The maximum absolute atomic E-state index is 13.5. The van der Waals surface area contributed by atoms with Crippen molar-refractivity contribution in [2.75, 3.05) is 6.54 Å². The van der Waals surface area contributed by atoms with Gasteiger partial charge in [0.15, 0.2) is 0 Å². The van der Waals surface area contributed by atoms with Gasteiger partial charge in [0.25, 0.3) is 5.91 Å². The van der Waals surface area contributed by atoms with Crippen LogP contribution in [0.4, 0.5) is 4.39 Å². The van der Waals surface area contributed by atoms with Gasteiger partial charge in [-0.25, -0.2) is 4.39 Å². The summed E-state index contributed by atoms with van der Waals surface area (Å²) in [5.41, 5.74) is -0.0945. The molecule has 4 nitrogen and oxygen atoms in total. The Hall–Kier alpha value is -2.35. The predicted octanol–water partition coefficient (Wildman–Crippen LogP) is 1.33. The number of benzene rings is 1. The Morgan fingerprint density at radius 3 is 2.55 bits per heavy atom. The van der Waals surface area contributed by atoms with Gasteiger partial charge in [-0.2, -0.15) is 0 Å². The molecule has 0 unspecified atom stereocenters. The molecule has 2 amide bonds. The topological polar surface area (TPSA) is 58.2 Å². The standard InChI is InChI=1S/C15H17FN2O2/c1-4-9-17-15(20)13(10(2)3)18-14(19)11-7-5-6-8-12(11)16/h1,5-8,10,13H,9H2,2-3H3,(H,17,20)(H,18,19)/t13-/m0/s1. The molecule has 0 aliphatic carbocycles. The Kier molecular flexibility index (Phi) is 5.73. The highest BCUT2D eigenvalue weighted by atomic mass is 19.1. The minimum atomic E-state index is -0.768. The summed E-state index contributed by atoms with van der Waals surface area (Å²) in [7, 11) is 0. The van der Waals surface area contributed by atoms with E-state index in [0.717, 1.165) is 0 Å². The molecule has 0 aliphatic heterocycles. The van der Waals surface area contributed by atoms with E-state index in [1.54, 1.807) is 19.9 Å². The molecule has 1 aromatic carbocycles. The molecule has 1 atom stereocenters. The van der Waals surface area contributed by atoms with E-state index in [-0.39, 0.29) is 23.9 Å². The van der Waals surface area contributed by atoms with Crippen LogP contribution in [0.2, 0.25) is 0 Å². The van der Waals surface area contributed by atoms with E-state index in [1.807, 2.05) is 0 Å². The van der Waals surface area contributed by atoms with Crippen LogP contribution in [0.15, 0.2) is 24.3 Å². The van der Waals surface area contributed by atoms with Gasteiger partial charge in [-0.1, -0.05) is 31.9 Å². The van der Waals surface area contributed by atoms with Crippen molar-refractivity contribution >= 4 is 11.8 Å². The van der Waals surface area contributed by atoms with Gasteiger partial charge in [-0.15, -0.1) is 6.42 Å². The van der Waals surface area contributed by atoms with Crippen molar-refractivity contribution in [3.05, 3.63) is 35.6 Å². The molecular formula is C15H17FN2O2. The van der Waals surface area contributed by atoms with Crippen LogP contribution >= 0.6 is 0 Å². The van der Waals surface area contributed by atoms with Crippen molar-refractivity contribution in [3.8, 4) is 12.3 Å². The molecule has 0 saturated heterocycles. The van der Waals surface area contributed by atoms with Gasteiger partial charge in [-0.05, 0) is 18.1 Å². The van der Waals surface area contributed by atoms with E-state index in [2.05, 4.69) is 16.6 Å². The Balaban J connectivity index is 2.81. The van der Waals surface area contributed by atoms with Crippen molar-refractivity contribution in [3.63, 3.8) is 0 Å². The molecule has 0 heterocycles. The van der Waals surface area contributed by atoms with E-state index in [0.29, 0.717) is 0 Å². The number of carbonyl (C=O) groups excluding carboxylic acids is 2. The highest BCUT2D eigenvalue weighted by molar-refractivity contribution is 5.97. The van der Waals surface area contributed by atoms with Crippen LogP contribution in [-0.2, 0) is 4.79 Å². The summed E-state index contributed by atoms with van der Waals surface area (Å²) >= 11 is 0. The molecule has 106 valence electrons. The lowest BCUT2D eigenvalue weighted by Crippen LogP contribution is -2.49. The summed E-state index contributed by atoms with van der Waals surface area (Å²) in [5, 5.41) is 5.02. The Morgan fingerprint density at radius 1 is 1.35 bits per heavy atom. The first-order valence-electron chi connectivity index (χ1n) is 6.24. The second kappa shape index (κ2) is 7.29. The van der Waals surface area contributed by atoms with E-state index in [1.165, 1.54) is 18.2 Å². The lowest BCUT2D eigenvalue weighted by Gasteiger charge is -2.21. The number of halogens is 1. The first kappa shape index (κ1) is 15.7. The van der Waals surface area contributed by atoms with Crippen LogP contribution in [0.5, 0.6) is 0 Å². The number of hydrogen-bond acceptors (Lipinski definition) is 2. The second-order valence-electron chi connectivity index (χ2n) is 4.60. The van der Waals surface area contributed by atoms with Gasteiger partial charge in [0.1, 0.15) is 11.9 Å². The molecule has 20 heavy (non-hydrogen) atoms. The average Bonchev–Trinajstić information content (AvgIpc) is 2.42. The third kappa shape index (κ3) is 4.09. The summed E-state index contributed by atoms with van der Waals surface area (Å²) in [4.78, 5) is 23.9. The molecule has 0 bridgehead atoms. The van der Waals surface area contributed by atoms with Crippen molar-refractivity contribution < 1.29 is 14.0 Å². The molecule has 1 rings (SSSR count). The van der Waals surface area contributed by atoms with Gasteiger partial charge in [-0.3, -0.25) is 9.59 Å². The second-order valence-corrected chi connectivity index (χ2v) is 4.60. The normalized spacial score (nSPS) is 11.6. The quantitative estimate of drug-likeness (QED) is 0.797. The fourth-order valence-electron chi connectivity index (χ4n) is 1.65. The maximum atomic E-state index is 13.5. The molecule has 2 N–H and O–H groups in total. The van der Waals surface area contributed by atoms with Gasteiger partial charge in [0, 0.05) is 0 Å². The number of amides is 2. The lowest BCUT2D eigenvalue weighted by atomic mass is 10.0. The predicted molar refractivity (Wildman–Crippen MR) is 74.3 cm³/mol. The zero-order chi connectivity index (χ0) is 15.1. The van der Waals surface area contributed by atoms with E-state index in [4.69, 9.17) is 6.42 Å². The highest BCUT2D eigenvalue weighted by Crippen LogP contribution is 2.08. The minimum absolute atomic E-state index is 0.0810. The molecule has 5 heteroatoms. The van der Waals surface area contributed by atoms with E-state index < -0.39 is 17.8 Å². The van der Waals surface area contributed by atoms with Gasteiger partial charge in [0.05, 0.1) is 12.1 Å². The average molecular weight is 276 g/mol. The fraction of sp³-hybridized carbons (Fsp3) is 0.333. The monoisotopic (exact) mass is 276 g/mol. The largest absolute Gasteiger partial charge is 0.343 e.